The number of carbonyl (C=O) groups is 2. The summed E-state index contributed by atoms with van der Waals surface area (Å²) in [6.07, 6.45) is -0.412. The summed E-state index contributed by atoms with van der Waals surface area (Å²) in [5, 5.41) is 13.4. The Balaban J connectivity index is 1.48. The summed E-state index contributed by atoms with van der Waals surface area (Å²) in [5.41, 5.74) is 0.105. The van der Waals surface area contributed by atoms with Crippen molar-refractivity contribution in [2.75, 3.05) is 26.3 Å². The maximum Gasteiger partial charge on any atom is 0.411 e. The number of carboxylic acid groups (broad SMARTS) is 1. The number of alkyl halides is 3. The van der Waals surface area contributed by atoms with Crippen LogP contribution in [-0.4, -0.2) is 69.8 Å². The van der Waals surface area contributed by atoms with E-state index in [4.69, 9.17) is 49.0 Å². The molecule has 2 atom stereocenters. The fourth-order valence-electron chi connectivity index (χ4n) is 4.55. The van der Waals surface area contributed by atoms with Crippen molar-refractivity contribution in [1.29, 1.82) is 0 Å². The lowest BCUT2D eigenvalue weighted by atomic mass is 9.82. The van der Waals surface area contributed by atoms with E-state index in [9.17, 15) is 14.7 Å². The monoisotopic (exact) mass is 660 g/mol. The van der Waals surface area contributed by atoms with Crippen molar-refractivity contribution >= 4 is 68.4 Å². The number of ether oxygens (including phenoxy) is 3. The number of halogens is 4. The molecule has 0 aliphatic carbocycles. The normalized spacial score (nSPS) is 19.5. The molecule has 2 unspecified atom stereocenters. The first-order chi connectivity index (χ1) is 18.4. The molecule has 1 fully saturated rings. The number of benzene rings is 2. The number of piperazine rings is 1. The molecule has 1 saturated heterocycles. The van der Waals surface area contributed by atoms with Gasteiger partial charge in [0.2, 0.25) is 3.79 Å². The Hall–Kier alpha value is -2.17. The van der Waals surface area contributed by atoms with Crippen LogP contribution in [0.3, 0.4) is 0 Å². The predicted octanol–water partition coefficient (Wildman–Crippen LogP) is 6.08. The molecule has 2 aliphatic rings. The zero-order valence-electron chi connectivity index (χ0n) is 21.3. The maximum atomic E-state index is 13.2. The maximum absolute atomic E-state index is 13.2. The van der Waals surface area contributed by atoms with Crippen LogP contribution in [0.15, 0.2) is 58.6 Å². The number of nitrogens with zero attached hydrogens (tertiary/aromatic N) is 1. The molecule has 0 spiro atoms. The van der Waals surface area contributed by atoms with Crippen LogP contribution in [0, 0.1) is 0 Å². The molecule has 0 radical (unpaired) electrons. The Bertz CT molecular complexity index is 1230. The second kappa shape index (κ2) is 12.1. The molecule has 4 rings (SSSR count). The summed E-state index contributed by atoms with van der Waals surface area (Å²) in [7, 11) is 0. The number of rotatable bonds is 8. The predicted molar refractivity (Wildman–Crippen MR) is 154 cm³/mol. The van der Waals surface area contributed by atoms with Gasteiger partial charge in [-0.15, -0.1) is 0 Å². The second-order valence-electron chi connectivity index (χ2n) is 9.69. The number of nitrogens with one attached hydrogen (secondary N) is 1. The van der Waals surface area contributed by atoms with Crippen LogP contribution < -0.4 is 14.8 Å². The summed E-state index contributed by atoms with van der Waals surface area (Å²) < 4.78 is 16.1. The fraction of sp³-hybridized carbons (Fsp3) is 0.407. The SMILES string of the molecule is CC(C)(OC(=O)N1C2CNCC1C(C(=O)O)=C(c1ccc(OCCOc3ccc(Br)cc3)cc1)C2)C(Cl)(Cl)Cl. The van der Waals surface area contributed by atoms with Crippen LogP contribution in [0.2, 0.25) is 0 Å². The first-order valence-electron chi connectivity index (χ1n) is 12.2. The van der Waals surface area contributed by atoms with Gasteiger partial charge in [0.15, 0.2) is 5.60 Å². The van der Waals surface area contributed by atoms with Crippen molar-refractivity contribution in [3.63, 3.8) is 0 Å². The van der Waals surface area contributed by atoms with Gasteiger partial charge in [0.05, 0.1) is 17.7 Å². The number of hydrogen-bond acceptors (Lipinski definition) is 6. The lowest BCUT2D eigenvalue weighted by Crippen LogP contribution is -2.64. The molecule has 210 valence electrons. The quantitative estimate of drug-likeness (QED) is 0.262. The van der Waals surface area contributed by atoms with Gasteiger partial charge >= 0.3 is 12.1 Å². The van der Waals surface area contributed by atoms with E-state index in [0.29, 0.717) is 37.5 Å². The third-order valence-corrected chi connectivity index (χ3v) is 8.54. The first kappa shape index (κ1) is 29.8. The smallest absolute Gasteiger partial charge is 0.411 e. The molecule has 8 nitrogen and oxygen atoms in total. The van der Waals surface area contributed by atoms with Crippen molar-refractivity contribution in [1.82, 2.24) is 10.2 Å². The van der Waals surface area contributed by atoms with Crippen LogP contribution in [0.5, 0.6) is 11.5 Å². The Morgan fingerprint density at radius 2 is 1.56 bits per heavy atom. The highest BCUT2D eigenvalue weighted by Gasteiger charge is 2.49. The largest absolute Gasteiger partial charge is 0.490 e. The molecule has 2 aromatic carbocycles. The molecule has 2 heterocycles. The van der Waals surface area contributed by atoms with Crippen molar-refractivity contribution in [2.45, 2.75) is 41.7 Å². The summed E-state index contributed by atoms with van der Waals surface area (Å²) >= 11 is 21.4. The van der Waals surface area contributed by atoms with E-state index in [1.807, 2.05) is 36.4 Å². The minimum Gasteiger partial charge on any atom is -0.490 e. The fourth-order valence-corrected chi connectivity index (χ4v) is 4.93. The van der Waals surface area contributed by atoms with E-state index < -0.39 is 27.5 Å². The first-order valence-corrected chi connectivity index (χ1v) is 14.2. The summed E-state index contributed by atoms with van der Waals surface area (Å²) in [6.45, 7) is 4.42. The molecule has 0 aromatic heterocycles. The van der Waals surface area contributed by atoms with Gasteiger partial charge in [0.1, 0.15) is 24.7 Å². The molecular formula is C27H28BrCl3N2O6. The average molecular weight is 663 g/mol. The highest BCUT2D eigenvalue weighted by atomic mass is 79.9. The average Bonchev–Trinajstić information content (AvgIpc) is 2.86. The molecule has 1 amide bonds. The molecular weight excluding hydrogens is 635 g/mol. The summed E-state index contributed by atoms with van der Waals surface area (Å²) in [6, 6.07) is 13.7. The minimum atomic E-state index is -1.86. The molecule has 0 saturated carbocycles. The standard InChI is InChI=1S/C27H28BrCl3N2O6/c1-26(2,27(29,30)31)39-25(36)33-18-13-21(23(24(34)35)22(33)15-32-14-18)16-3-7-19(8-4-16)37-11-12-38-20-9-5-17(28)6-10-20/h3-10,18,22,32H,11-15H2,1-2H3,(H,34,35). The van der Waals surface area contributed by atoms with E-state index in [0.717, 1.165) is 15.8 Å². The van der Waals surface area contributed by atoms with E-state index in [2.05, 4.69) is 21.2 Å². The number of amides is 1. The summed E-state index contributed by atoms with van der Waals surface area (Å²) in [4.78, 5) is 27.1. The molecule has 2 aliphatic heterocycles. The zero-order chi connectivity index (χ0) is 28.4. The molecule has 2 bridgehead atoms. The Morgan fingerprint density at radius 3 is 2.10 bits per heavy atom. The van der Waals surface area contributed by atoms with Crippen LogP contribution in [0.1, 0.15) is 25.8 Å². The van der Waals surface area contributed by atoms with Crippen molar-refractivity contribution < 1.29 is 28.9 Å². The van der Waals surface area contributed by atoms with Crippen LogP contribution in [0.4, 0.5) is 4.79 Å². The number of aliphatic carboxylic acids is 1. The van der Waals surface area contributed by atoms with E-state index in [1.165, 1.54) is 18.7 Å². The topological polar surface area (TPSA) is 97.3 Å². The third kappa shape index (κ3) is 6.95. The highest BCUT2D eigenvalue weighted by Crippen LogP contribution is 2.42. The van der Waals surface area contributed by atoms with Crippen molar-refractivity contribution in [3.05, 3.63) is 64.1 Å². The summed E-state index contributed by atoms with van der Waals surface area (Å²) in [5.74, 6) is 0.268. The Labute approximate surface area is 250 Å². The van der Waals surface area contributed by atoms with Gasteiger partial charge in [0.25, 0.3) is 0 Å². The van der Waals surface area contributed by atoms with Crippen LogP contribution in [-0.2, 0) is 9.53 Å². The number of fused-ring (bicyclic) bond motifs is 2. The second-order valence-corrected chi connectivity index (χ2v) is 12.9. The number of hydrogen-bond donors (Lipinski definition) is 2. The van der Waals surface area contributed by atoms with Gasteiger partial charge in [-0.1, -0.05) is 62.9 Å². The lowest BCUT2D eigenvalue weighted by molar-refractivity contribution is -0.133. The van der Waals surface area contributed by atoms with Gasteiger partial charge in [-0.3, -0.25) is 4.90 Å². The molecule has 2 aromatic rings. The number of carboxylic acids is 1. The van der Waals surface area contributed by atoms with Gasteiger partial charge in [-0.2, -0.15) is 0 Å². The van der Waals surface area contributed by atoms with Crippen molar-refractivity contribution in [2.24, 2.45) is 0 Å². The van der Waals surface area contributed by atoms with Crippen LogP contribution in [0.25, 0.3) is 5.57 Å². The molecule has 39 heavy (non-hydrogen) atoms. The Morgan fingerprint density at radius 1 is 1.00 bits per heavy atom. The zero-order valence-corrected chi connectivity index (χ0v) is 25.1. The van der Waals surface area contributed by atoms with E-state index in [1.54, 1.807) is 12.1 Å². The van der Waals surface area contributed by atoms with Gasteiger partial charge < -0.3 is 24.6 Å². The van der Waals surface area contributed by atoms with Gasteiger partial charge in [-0.25, -0.2) is 9.59 Å². The lowest BCUT2D eigenvalue weighted by Gasteiger charge is -2.47. The molecule has 2 N–H and O–H groups in total. The highest BCUT2D eigenvalue weighted by molar-refractivity contribution is 9.10. The Kier molecular flexibility index (Phi) is 9.28. The minimum absolute atomic E-state index is 0.124. The molecule has 12 heteroatoms. The van der Waals surface area contributed by atoms with E-state index >= 15 is 0 Å². The van der Waals surface area contributed by atoms with Crippen LogP contribution >= 0.6 is 50.7 Å². The number of carbonyl (C=O) groups excluding carboxylic acids is 1. The third-order valence-electron chi connectivity index (χ3n) is 6.65. The van der Waals surface area contributed by atoms with Crippen molar-refractivity contribution in [3.8, 4) is 11.5 Å². The van der Waals surface area contributed by atoms with E-state index in [-0.39, 0.29) is 18.2 Å². The van der Waals surface area contributed by atoms with Gasteiger partial charge in [-0.05, 0) is 67.8 Å². The van der Waals surface area contributed by atoms with Gasteiger partial charge in [0, 0.05) is 17.6 Å².